The van der Waals surface area contributed by atoms with Crippen molar-refractivity contribution in [3.63, 3.8) is 0 Å². The first-order chi connectivity index (χ1) is 30.9. The summed E-state index contributed by atoms with van der Waals surface area (Å²) in [5, 5.41) is 3.74. The van der Waals surface area contributed by atoms with E-state index in [9.17, 15) is 14.4 Å². The minimum absolute atomic E-state index is 0.0368. The quantitative estimate of drug-likeness (QED) is 0.0943. The molecule has 5 atom stereocenters. The smallest absolute Gasteiger partial charge is 0.407 e. The molecule has 15 nitrogen and oxygen atoms in total. The van der Waals surface area contributed by atoms with Crippen molar-refractivity contribution in [3.8, 4) is 45.3 Å². The molecule has 2 saturated heterocycles. The molecule has 0 spiro atoms. The van der Waals surface area contributed by atoms with Crippen molar-refractivity contribution in [1.29, 1.82) is 0 Å². The van der Waals surface area contributed by atoms with Crippen LogP contribution in [0.1, 0.15) is 95.8 Å². The number of nitrogens with zero attached hydrogens (tertiary/aromatic N) is 5. The van der Waals surface area contributed by atoms with Crippen molar-refractivity contribution in [2.24, 2.45) is 17.6 Å². The standard InChI is InChI=1S/C49H57N9O6/c1-7-63-33-12-8-11-31(22-33)48-58-37-18-16-29(35-25-51-45(53-35)39-14-10-20-57(39)47(60)43(28(4)5)55-49(61)62-6)21-32(37)23-40(58)34-17-15-30(24-41(34)64-48)36-26-52-44(54-36)38-13-9-19-56(38)46(59)42(50)27(2)3/h8,11-12,15-18,21-28,38-39,42-43,48H,7,9-10,13-14,19-20,50H2,1-6H3,(H,51,53)(H,52,54)(H,55,61). The summed E-state index contributed by atoms with van der Waals surface area (Å²) in [6.07, 6.45) is 5.83. The number of likely N-dealkylation sites (tertiary alicyclic amines) is 2. The van der Waals surface area contributed by atoms with Gasteiger partial charge in [-0.05, 0) is 86.9 Å². The van der Waals surface area contributed by atoms with Gasteiger partial charge in [0.2, 0.25) is 18.0 Å². The van der Waals surface area contributed by atoms with E-state index in [1.807, 2.05) is 75.0 Å². The molecule has 0 radical (unpaired) electrons. The molecule has 5 N–H and O–H groups in total. The van der Waals surface area contributed by atoms with Gasteiger partial charge in [-0.25, -0.2) is 14.8 Å². The number of aromatic nitrogens is 5. The van der Waals surface area contributed by atoms with Crippen LogP contribution in [0, 0.1) is 11.8 Å². The Morgan fingerprint density at radius 2 is 1.50 bits per heavy atom. The van der Waals surface area contributed by atoms with Gasteiger partial charge in [-0.3, -0.25) is 9.59 Å². The Morgan fingerprint density at radius 3 is 2.14 bits per heavy atom. The molecular weight excluding hydrogens is 811 g/mol. The molecule has 2 fully saturated rings. The van der Waals surface area contributed by atoms with Gasteiger partial charge in [0, 0.05) is 40.7 Å². The Bertz CT molecular complexity index is 2700. The number of benzene rings is 3. The first-order valence-corrected chi connectivity index (χ1v) is 22.4. The van der Waals surface area contributed by atoms with Gasteiger partial charge in [-0.15, -0.1) is 0 Å². The lowest BCUT2D eigenvalue weighted by molar-refractivity contribution is -0.136. The monoisotopic (exact) mass is 867 g/mol. The lowest BCUT2D eigenvalue weighted by Crippen LogP contribution is -2.51. The van der Waals surface area contributed by atoms with E-state index in [1.54, 1.807) is 0 Å². The van der Waals surface area contributed by atoms with Crippen molar-refractivity contribution in [2.45, 2.75) is 90.7 Å². The zero-order valence-electron chi connectivity index (χ0n) is 37.3. The Balaban J connectivity index is 1.04. The van der Waals surface area contributed by atoms with Crippen molar-refractivity contribution >= 4 is 28.8 Å². The van der Waals surface area contributed by atoms with Crippen molar-refractivity contribution < 1.29 is 28.6 Å². The first-order valence-electron chi connectivity index (χ1n) is 22.4. The molecule has 3 aromatic carbocycles. The zero-order valence-corrected chi connectivity index (χ0v) is 37.3. The summed E-state index contributed by atoms with van der Waals surface area (Å²) < 4.78 is 20.0. The number of imidazole rings is 2. The molecule has 15 heteroatoms. The summed E-state index contributed by atoms with van der Waals surface area (Å²) in [4.78, 5) is 59.6. The molecular formula is C49H57N9O6. The van der Waals surface area contributed by atoms with E-state index in [2.05, 4.69) is 68.4 Å². The van der Waals surface area contributed by atoms with E-state index in [4.69, 9.17) is 29.9 Å². The number of carbonyl (C=O) groups excluding carboxylic acids is 3. The highest BCUT2D eigenvalue weighted by Gasteiger charge is 2.38. The second-order valence-corrected chi connectivity index (χ2v) is 17.7. The fourth-order valence-electron chi connectivity index (χ4n) is 9.47. The number of ether oxygens (including phenoxy) is 3. The van der Waals surface area contributed by atoms with E-state index < -0.39 is 24.4 Å². The molecule has 0 bridgehead atoms. The number of nitrogens with one attached hydrogen (secondary N) is 3. The molecule has 0 aliphatic carbocycles. The summed E-state index contributed by atoms with van der Waals surface area (Å²) in [5.41, 5.74) is 13.7. The van der Waals surface area contributed by atoms with Gasteiger partial charge in [0.05, 0.1) is 66.8 Å². The summed E-state index contributed by atoms with van der Waals surface area (Å²) in [5.74, 6) is 2.68. The third-order valence-corrected chi connectivity index (χ3v) is 12.9. The third kappa shape index (κ3) is 7.86. The number of hydrogen-bond donors (Lipinski definition) is 4. The summed E-state index contributed by atoms with van der Waals surface area (Å²) in [6, 6.07) is 21.2. The second kappa shape index (κ2) is 17.5. The van der Waals surface area contributed by atoms with Crippen LogP contribution < -0.4 is 20.5 Å². The molecule has 0 saturated carbocycles. The number of nitrogens with two attached hydrogens (primary N) is 1. The number of H-pyrrole nitrogens is 2. The predicted molar refractivity (Wildman–Crippen MR) is 243 cm³/mol. The van der Waals surface area contributed by atoms with Crippen LogP contribution in [0.15, 0.2) is 79.1 Å². The van der Waals surface area contributed by atoms with Crippen molar-refractivity contribution in [1.82, 2.24) is 39.6 Å². The molecule has 64 heavy (non-hydrogen) atoms. The molecule has 3 aliphatic heterocycles. The molecule has 334 valence electrons. The predicted octanol–water partition coefficient (Wildman–Crippen LogP) is 8.12. The highest BCUT2D eigenvalue weighted by Crippen LogP contribution is 2.46. The van der Waals surface area contributed by atoms with Crippen LogP contribution in [0.5, 0.6) is 11.5 Å². The number of alkyl carbamates (subject to hydrolysis) is 1. The van der Waals surface area contributed by atoms with Gasteiger partial charge in [-0.2, -0.15) is 0 Å². The zero-order chi connectivity index (χ0) is 44.8. The lowest BCUT2D eigenvalue weighted by atomic mass is 10.0. The maximum absolute atomic E-state index is 13.8. The highest BCUT2D eigenvalue weighted by molar-refractivity contribution is 5.93. The fraction of sp³-hybridized carbons (Fsp3) is 0.408. The lowest BCUT2D eigenvalue weighted by Gasteiger charge is -2.31. The average molecular weight is 868 g/mol. The third-order valence-electron chi connectivity index (χ3n) is 12.9. The molecule has 3 aliphatic rings. The van der Waals surface area contributed by atoms with Crippen LogP contribution in [0.4, 0.5) is 4.79 Å². The van der Waals surface area contributed by atoms with Crippen LogP contribution >= 0.6 is 0 Å². The second-order valence-electron chi connectivity index (χ2n) is 17.7. The van der Waals surface area contributed by atoms with E-state index in [0.717, 1.165) is 93.2 Å². The number of hydrogen-bond acceptors (Lipinski definition) is 9. The molecule has 6 aromatic rings. The molecule has 9 rings (SSSR count). The Morgan fingerprint density at radius 1 is 0.844 bits per heavy atom. The van der Waals surface area contributed by atoms with Crippen LogP contribution in [-0.4, -0.2) is 91.1 Å². The van der Waals surface area contributed by atoms with Crippen LogP contribution in [0.3, 0.4) is 0 Å². The number of fused-ring (bicyclic) bond motifs is 5. The van der Waals surface area contributed by atoms with E-state index >= 15 is 0 Å². The largest absolute Gasteiger partial charge is 0.494 e. The average Bonchev–Trinajstić information content (AvgIpc) is 4.16. The maximum atomic E-state index is 13.8. The Kier molecular flexibility index (Phi) is 11.7. The minimum Gasteiger partial charge on any atom is -0.494 e. The van der Waals surface area contributed by atoms with Crippen molar-refractivity contribution in [2.75, 3.05) is 26.8 Å². The number of carbonyl (C=O) groups is 3. The number of amides is 3. The number of rotatable bonds is 12. The Hall–Kier alpha value is -6.61. The SMILES string of the molecule is CCOc1cccc(C2Oc3cc(-c4cnc(C5CCCN5C(=O)C(N)C(C)C)[nH]4)ccc3-c3cc4cc(-c5cnc(C6CCCN6C(=O)C(NC(=O)OC)C(C)C)[nH]5)ccc4n32)c1. The summed E-state index contributed by atoms with van der Waals surface area (Å²) in [6.45, 7) is 11.5. The minimum atomic E-state index is -0.712. The first kappa shape index (κ1) is 42.7. The normalized spacial score (nSPS) is 19.1. The molecule has 5 unspecified atom stereocenters. The van der Waals surface area contributed by atoms with Crippen LogP contribution in [0.25, 0.3) is 44.7 Å². The van der Waals surface area contributed by atoms with E-state index in [0.29, 0.717) is 25.5 Å². The highest BCUT2D eigenvalue weighted by atomic mass is 16.5. The van der Waals surface area contributed by atoms with Crippen molar-refractivity contribution in [3.05, 3.63) is 96.3 Å². The summed E-state index contributed by atoms with van der Waals surface area (Å²) >= 11 is 0. The van der Waals surface area contributed by atoms with Crippen LogP contribution in [0.2, 0.25) is 0 Å². The molecule has 3 amide bonds. The van der Waals surface area contributed by atoms with Gasteiger partial charge in [0.25, 0.3) is 0 Å². The summed E-state index contributed by atoms with van der Waals surface area (Å²) in [7, 11) is 1.29. The van der Waals surface area contributed by atoms with Gasteiger partial charge in [0.1, 0.15) is 29.2 Å². The van der Waals surface area contributed by atoms with Gasteiger partial charge in [-0.1, -0.05) is 52.0 Å². The molecule has 3 aromatic heterocycles. The van der Waals surface area contributed by atoms with E-state index in [1.165, 1.54) is 7.11 Å². The Labute approximate surface area is 372 Å². The van der Waals surface area contributed by atoms with E-state index in [-0.39, 0.29) is 35.7 Å². The number of aromatic amines is 2. The van der Waals surface area contributed by atoms with Crippen LogP contribution in [-0.2, 0) is 14.3 Å². The number of methoxy groups -OCH3 is 1. The topological polar surface area (TPSA) is 186 Å². The maximum Gasteiger partial charge on any atom is 0.407 e. The fourth-order valence-corrected chi connectivity index (χ4v) is 9.47. The van der Waals surface area contributed by atoms with Gasteiger partial charge < -0.3 is 49.6 Å². The van der Waals surface area contributed by atoms with Gasteiger partial charge in [0.15, 0.2) is 0 Å². The molecule has 6 heterocycles. The van der Waals surface area contributed by atoms with Gasteiger partial charge >= 0.3 is 6.09 Å².